The van der Waals surface area contributed by atoms with E-state index in [2.05, 4.69) is 47.2 Å². The normalized spacial score (nSPS) is 18.3. The lowest BCUT2D eigenvalue weighted by Gasteiger charge is -2.32. The third-order valence-corrected chi connectivity index (χ3v) is 11.9. The largest absolute Gasteiger partial charge is 0.507 e. The number of amides is 5. The number of rotatable bonds is 12. The van der Waals surface area contributed by atoms with Crippen molar-refractivity contribution < 1.29 is 33.8 Å². The molecule has 336 valence electrons. The second-order valence-electron chi connectivity index (χ2n) is 16.9. The Morgan fingerprint density at radius 3 is 2.42 bits per heavy atom. The fourth-order valence-corrected chi connectivity index (χ4v) is 8.43. The van der Waals surface area contributed by atoms with Gasteiger partial charge in [0.25, 0.3) is 5.91 Å². The van der Waals surface area contributed by atoms with Crippen molar-refractivity contribution in [3.8, 4) is 40.1 Å². The molecule has 9 N–H and O–H groups in total. The Kier molecular flexibility index (Phi) is 14.3. The predicted octanol–water partition coefficient (Wildman–Crippen LogP) is 2.53. The zero-order valence-corrected chi connectivity index (χ0v) is 37.0. The summed E-state index contributed by atoms with van der Waals surface area (Å²) < 4.78 is 5.98. The minimum absolute atomic E-state index is 0.00238. The molecule has 64 heavy (non-hydrogen) atoms. The lowest BCUT2D eigenvalue weighted by atomic mass is 9.86. The van der Waals surface area contributed by atoms with Crippen LogP contribution in [0.1, 0.15) is 83.7 Å². The van der Waals surface area contributed by atoms with Gasteiger partial charge in [-0.1, -0.05) is 38.1 Å². The maximum Gasteiger partial charge on any atom is 0.255 e. The molecule has 1 aliphatic heterocycles. The molecule has 1 aromatic heterocycles. The summed E-state index contributed by atoms with van der Waals surface area (Å²) in [6, 6.07) is 12.4. The first kappa shape index (κ1) is 46.6. The molecular weight excluding hydrogens is 817 g/mol. The second-order valence-corrected chi connectivity index (χ2v) is 16.9. The Labute approximate surface area is 372 Å². The molecule has 17 heteroatoms. The molecule has 0 saturated carbocycles. The van der Waals surface area contributed by atoms with Crippen LogP contribution in [0.4, 0.5) is 0 Å². The maximum atomic E-state index is 14.6. The quantitative estimate of drug-likeness (QED) is 0.101. The van der Waals surface area contributed by atoms with Crippen LogP contribution in [0, 0.1) is 25.2 Å². The van der Waals surface area contributed by atoms with Crippen molar-refractivity contribution in [2.45, 2.75) is 89.9 Å². The van der Waals surface area contributed by atoms with Gasteiger partial charge in [0.05, 0.1) is 23.0 Å². The number of carbonyl (C=O) groups is 5. The van der Waals surface area contributed by atoms with Crippen molar-refractivity contribution in [2.75, 3.05) is 33.3 Å². The number of nitriles is 1. The van der Waals surface area contributed by atoms with Crippen molar-refractivity contribution >= 4 is 29.5 Å². The zero-order chi connectivity index (χ0) is 46.5. The van der Waals surface area contributed by atoms with Gasteiger partial charge in [-0.3, -0.25) is 24.0 Å². The smallest absolute Gasteiger partial charge is 0.255 e. The van der Waals surface area contributed by atoms with E-state index in [0.29, 0.717) is 34.1 Å². The third-order valence-electron chi connectivity index (χ3n) is 11.9. The summed E-state index contributed by atoms with van der Waals surface area (Å²) >= 11 is 0. The van der Waals surface area contributed by atoms with Gasteiger partial charge in [-0.25, -0.2) is 9.97 Å². The van der Waals surface area contributed by atoms with Crippen LogP contribution in [0.3, 0.4) is 0 Å². The van der Waals surface area contributed by atoms with Crippen LogP contribution in [0.2, 0.25) is 0 Å². The maximum absolute atomic E-state index is 14.6. The van der Waals surface area contributed by atoms with E-state index in [1.807, 2.05) is 12.1 Å². The number of benzene rings is 3. The number of hydrogen-bond donors (Lipinski definition) is 7. The molecule has 17 nitrogen and oxygen atoms in total. The van der Waals surface area contributed by atoms with Crippen LogP contribution in [-0.2, 0) is 37.4 Å². The molecule has 4 bridgehead atoms. The van der Waals surface area contributed by atoms with E-state index in [9.17, 15) is 29.1 Å². The first-order valence-electron chi connectivity index (χ1n) is 21.3. The molecule has 5 amide bonds. The number of nitrogens with two attached hydrogens (primary N) is 2. The van der Waals surface area contributed by atoms with Crippen LogP contribution in [0.5, 0.6) is 11.5 Å². The molecule has 4 unspecified atom stereocenters. The second kappa shape index (κ2) is 19.7. The van der Waals surface area contributed by atoms with E-state index in [1.54, 1.807) is 44.2 Å². The van der Waals surface area contributed by atoms with E-state index < -0.39 is 53.7 Å². The molecule has 0 spiro atoms. The average Bonchev–Trinajstić information content (AvgIpc) is 3.57. The highest BCUT2D eigenvalue weighted by Gasteiger charge is 2.37. The number of likely N-dealkylation sites (N-methyl/N-ethyl adjacent to an activating group) is 1. The highest BCUT2D eigenvalue weighted by atomic mass is 16.5. The minimum atomic E-state index is -1.42. The molecular formula is C47H56N10O7. The number of ether oxygens (including phenoxy) is 1. The topological polar surface area (TPSA) is 268 Å². The first-order valence-corrected chi connectivity index (χ1v) is 21.3. The summed E-state index contributed by atoms with van der Waals surface area (Å²) in [4.78, 5) is 80.6. The Morgan fingerprint density at radius 1 is 1.00 bits per heavy atom. The van der Waals surface area contributed by atoms with E-state index in [1.165, 1.54) is 31.2 Å². The molecule has 0 fully saturated rings. The first-order chi connectivity index (χ1) is 30.5. The van der Waals surface area contributed by atoms with Crippen LogP contribution in [0.15, 0.2) is 54.6 Å². The van der Waals surface area contributed by atoms with Gasteiger partial charge < -0.3 is 47.5 Å². The molecule has 4 atom stereocenters. The number of fused-ring (bicyclic) bond motifs is 6. The van der Waals surface area contributed by atoms with Crippen molar-refractivity contribution in [1.29, 1.82) is 5.26 Å². The molecule has 6 rings (SSSR count). The van der Waals surface area contributed by atoms with Crippen molar-refractivity contribution in [3.05, 3.63) is 93.8 Å². The summed E-state index contributed by atoms with van der Waals surface area (Å²) in [7, 11) is 1.40. The van der Waals surface area contributed by atoms with Crippen LogP contribution < -0.4 is 37.5 Å². The molecule has 2 heterocycles. The third kappa shape index (κ3) is 9.98. The van der Waals surface area contributed by atoms with Crippen molar-refractivity contribution in [1.82, 2.24) is 36.1 Å². The van der Waals surface area contributed by atoms with E-state index in [0.717, 1.165) is 23.3 Å². The summed E-state index contributed by atoms with van der Waals surface area (Å²) in [6.07, 6.45) is 1.96. The SMILES string of the molecule is Cc1nc(-c2ccc3c(c2)CCC3(C)C)nc(C)c1C(=O)NC(CCN)C(=O)N(C)C1C(=O)NC(C)C(=O)NC(C(=O)NCC#N)Cc2ccc(O)c(c2)-c2cc1ccc2OCCN. The lowest BCUT2D eigenvalue weighted by Crippen LogP contribution is -2.56. The number of phenolic OH excluding ortho intramolecular Hbond substituents is 1. The van der Waals surface area contributed by atoms with E-state index in [-0.39, 0.29) is 66.9 Å². The molecule has 0 saturated heterocycles. The highest BCUT2D eigenvalue weighted by Crippen LogP contribution is 2.41. The van der Waals surface area contributed by atoms with Crippen molar-refractivity contribution in [2.24, 2.45) is 11.5 Å². The molecule has 0 radical (unpaired) electrons. The van der Waals surface area contributed by atoms with Crippen molar-refractivity contribution in [3.63, 3.8) is 0 Å². The summed E-state index contributed by atoms with van der Waals surface area (Å²) in [5.41, 5.74) is 17.7. The Balaban J connectivity index is 1.35. The Morgan fingerprint density at radius 2 is 1.73 bits per heavy atom. The van der Waals surface area contributed by atoms with Gasteiger partial charge in [0.2, 0.25) is 23.6 Å². The van der Waals surface area contributed by atoms with Gasteiger partial charge in [0.1, 0.15) is 48.8 Å². The molecule has 3 aromatic carbocycles. The van der Waals surface area contributed by atoms with Gasteiger partial charge in [0, 0.05) is 36.7 Å². The monoisotopic (exact) mass is 872 g/mol. The number of aromatic nitrogens is 2. The standard InChI is InChI=1S/C47H56N10O7/c1-25-39(26(2)53-41(52-25)31-8-10-34-29(23-31)13-15-47(34,4)5)44(61)55-35(14-16-48)46(63)57(6)40-30-9-12-38(64-20-18-50)33(24-30)32-21-28(7-11-37(32)58)22-36(43(60)51-19-17-49)56-42(59)27(3)54-45(40)62/h7-12,21,23-24,27,35-36,40,58H,13-16,18-20,22,48,50H2,1-6H3,(H,51,60)(H,54,62)(H,55,61)(H,56,59). The number of nitrogens with zero attached hydrogens (tertiary/aromatic N) is 4. The Bertz CT molecular complexity index is 2490. The number of nitrogens with one attached hydrogen (secondary N) is 4. The lowest BCUT2D eigenvalue weighted by molar-refractivity contribution is -0.141. The number of phenols is 1. The van der Waals surface area contributed by atoms with E-state index >= 15 is 0 Å². The predicted molar refractivity (Wildman–Crippen MR) is 239 cm³/mol. The van der Waals surface area contributed by atoms with Gasteiger partial charge in [0.15, 0.2) is 5.82 Å². The van der Waals surface area contributed by atoms with E-state index in [4.69, 9.17) is 31.4 Å². The van der Waals surface area contributed by atoms with Gasteiger partial charge in [-0.2, -0.15) is 5.26 Å². The number of hydrogen-bond acceptors (Lipinski definition) is 12. The average molecular weight is 873 g/mol. The van der Waals surface area contributed by atoms with Crippen LogP contribution in [0.25, 0.3) is 22.5 Å². The van der Waals surface area contributed by atoms with Gasteiger partial charge >= 0.3 is 0 Å². The molecule has 1 aliphatic carbocycles. The number of aromatic hydroxyl groups is 1. The molecule has 2 aliphatic rings. The van der Waals surface area contributed by atoms with Crippen LogP contribution >= 0.6 is 0 Å². The fraction of sp³-hybridized carbons (Fsp3) is 0.404. The summed E-state index contributed by atoms with van der Waals surface area (Å²) in [5.74, 6) is -2.79. The Hall–Kier alpha value is -6.90. The van der Waals surface area contributed by atoms with Crippen LogP contribution in [-0.4, -0.2) is 101 Å². The number of carbonyl (C=O) groups excluding carboxylic acids is 5. The minimum Gasteiger partial charge on any atom is -0.507 e. The zero-order valence-electron chi connectivity index (χ0n) is 37.0. The van der Waals surface area contributed by atoms with Gasteiger partial charge in [-0.05, 0) is 105 Å². The number of aryl methyl sites for hydroxylation is 3. The summed E-state index contributed by atoms with van der Waals surface area (Å²) in [5, 5.41) is 31.0. The highest BCUT2D eigenvalue weighted by molar-refractivity contribution is 6.00. The summed E-state index contributed by atoms with van der Waals surface area (Å²) in [6.45, 7) is 9.27. The van der Waals surface area contributed by atoms with Gasteiger partial charge in [-0.15, -0.1) is 0 Å². The molecule has 4 aromatic rings. The fourth-order valence-electron chi connectivity index (χ4n) is 8.43.